The summed E-state index contributed by atoms with van der Waals surface area (Å²) in [6.45, 7) is 4.72. The van der Waals surface area contributed by atoms with Crippen molar-refractivity contribution >= 4 is 32.6 Å². The number of fused-ring (bicyclic) bond motifs is 8. The van der Waals surface area contributed by atoms with E-state index in [1.165, 1.54) is 44.2 Å². The summed E-state index contributed by atoms with van der Waals surface area (Å²) < 4.78 is 2.25. The molecule has 0 aliphatic heterocycles. The summed E-state index contributed by atoms with van der Waals surface area (Å²) in [5.74, 6) is 1.89. The molecular formula is C46H32N4. The quantitative estimate of drug-likeness (QED) is 0.192. The van der Waals surface area contributed by atoms with Crippen LogP contribution in [0, 0.1) is 0 Å². The molecule has 0 amide bonds. The van der Waals surface area contributed by atoms with E-state index in [1.807, 2.05) is 18.2 Å². The second-order valence-electron chi connectivity index (χ2n) is 13.7. The molecule has 10 rings (SSSR count). The van der Waals surface area contributed by atoms with Gasteiger partial charge in [-0.3, -0.25) is 4.57 Å². The van der Waals surface area contributed by atoms with Crippen LogP contribution in [0.4, 0.5) is 0 Å². The lowest BCUT2D eigenvalue weighted by Crippen LogP contribution is -2.15. The minimum atomic E-state index is -0.199. The van der Waals surface area contributed by atoms with Gasteiger partial charge in [0.05, 0.1) is 11.0 Å². The molecule has 0 radical (unpaired) electrons. The van der Waals surface area contributed by atoms with Crippen molar-refractivity contribution in [3.63, 3.8) is 0 Å². The van der Waals surface area contributed by atoms with Crippen LogP contribution in [0.1, 0.15) is 25.0 Å². The number of aromatic nitrogens is 4. The normalized spacial score (nSPS) is 13.2. The van der Waals surface area contributed by atoms with Crippen molar-refractivity contribution in [2.75, 3.05) is 0 Å². The van der Waals surface area contributed by atoms with E-state index in [1.54, 1.807) is 0 Å². The molecule has 1 aliphatic carbocycles. The molecule has 0 N–H and O–H groups in total. The zero-order valence-corrected chi connectivity index (χ0v) is 27.8. The Morgan fingerprint density at radius 3 is 1.96 bits per heavy atom. The zero-order valence-electron chi connectivity index (χ0n) is 27.8. The first-order valence-electron chi connectivity index (χ1n) is 17.1. The molecule has 4 heteroatoms. The van der Waals surface area contributed by atoms with Crippen molar-refractivity contribution < 1.29 is 0 Å². The number of benzene rings is 7. The van der Waals surface area contributed by atoms with Crippen LogP contribution in [0.2, 0.25) is 0 Å². The fourth-order valence-corrected chi connectivity index (χ4v) is 8.13. The fourth-order valence-electron chi connectivity index (χ4n) is 8.13. The lowest BCUT2D eigenvalue weighted by Gasteiger charge is -2.22. The van der Waals surface area contributed by atoms with Gasteiger partial charge in [0.15, 0.2) is 11.6 Å². The maximum atomic E-state index is 5.31. The Labute approximate surface area is 290 Å². The smallest absolute Gasteiger partial charge is 0.238 e. The van der Waals surface area contributed by atoms with Crippen molar-refractivity contribution in [3.05, 3.63) is 169 Å². The highest BCUT2D eigenvalue weighted by molar-refractivity contribution is 6.15. The number of nitrogens with zero attached hydrogens (tertiary/aromatic N) is 4. The van der Waals surface area contributed by atoms with Crippen LogP contribution in [0.15, 0.2) is 158 Å². The Morgan fingerprint density at radius 2 is 1.12 bits per heavy atom. The molecule has 7 aromatic carbocycles. The van der Waals surface area contributed by atoms with E-state index in [0.29, 0.717) is 17.6 Å². The van der Waals surface area contributed by atoms with Crippen molar-refractivity contribution in [1.29, 1.82) is 0 Å². The molecule has 50 heavy (non-hydrogen) atoms. The average Bonchev–Trinajstić information content (AvgIpc) is 3.63. The summed E-state index contributed by atoms with van der Waals surface area (Å²) in [4.78, 5) is 15.7. The lowest BCUT2D eigenvalue weighted by molar-refractivity contribution is 0.666. The molecule has 236 valence electrons. The van der Waals surface area contributed by atoms with Crippen LogP contribution < -0.4 is 0 Å². The monoisotopic (exact) mass is 640 g/mol. The average molecular weight is 641 g/mol. The van der Waals surface area contributed by atoms with Gasteiger partial charge in [-0.05, 0) is 62.4 Å². The SMILES string of the molecule is CC1(C)c2ccccc2-c2ccc3c(c21)c1cc(-c2ccccc2)ccc1n3-c1nc(-c2ccccc2)nc(-c2cccc3ccccc23)n1. The highest BCUT2D eigenvalue weighted by atomic mass is 15.2. The third-order valence-electron chi connectivity index (χ3n) is 10.4. The van der Waals surface area contributed by atoms with Gasteiger partial charge < -0.3 is 0 Å². The Kier molecular flexibility index (Phi) is 6.19. The summed E-state index contributed by atoms with van der Waals surface area (Å²) in [5.41, 5.74) is 11.5. The van der Waals surface area contributed by atoms with Crippen molar-refractivity contribution in [1.82, 2.24) is 19.5 Å². The summed E-state index contributed by atoms with van der Waals surface area (Å²) in [6.07, 6.45) is 0. The minimum absolute atomic E-state index is 0.199. The molecule has 4 nitrogen and oxygen atoms in total. The molecule has 9 aromatic rings. The van der Waals surface area contributed by atoms with Gasteiger partial charge in [0.1, 0.15) is 0 Å². The fraction of sp³-hybridized carbons (Fsp3) is 0.0652. The van der Waals surface area contributed by atoms with Crippen LogP contribution in [-0.2, 0) is 5.41 Å². The zero-order chi connectivity index (χ0) is 33.4. The summed E-state index contributed by atoms with van der Waals surface area (Å²) in [6, 6.07) is 55.8. The van der Waals surface area contributed by atoms with E-state index >= 15 is 0 Å². The van der Waals surface area contributed by atoms with E-state index < -0.39 is 0 Å². The van der Waals surface area contributed by atoms with Gasteiger partial charge in [-0.1, -0.05) is 153 Å². The maximum Gasteiger partial charge on any atom is 0.238 e. The maximum absolute atomic E-state index is 5.31. The Balaban J connectivity index is 1.32. The minimum Gasteiger partial charge on any atom is -0.278 e. The van der Waals surface area contributed by atoms with Crippen LogP contribution in [0.5, 0.6) is 0 Å². The van der Waals surface area contributed by atoms with Crippen LogP contribution in [0.3, 0.4) is 0 Å². The third kappa shape index (κ3) is 4.21. The summed E-state index contributed by atoms with van der Waals surface area (Å²) >= 11 is 0. The number of hydrogen-bond acceptors (Lipinski definition) is 3. The van der Waals surface area contributed by atoms with Gasteiger partial charge in [0, 0.05) is 27.3 Å². The molecule has 0 fully saturated rings. The predicted octanol–water partition coefficient (Wildman–Crippen LogP) is 11.4. The van der Waals surface area contributed by atoms with E-state index in [-0.39, 0.29) is 5.41 Å². The Hall–Kier alpha value is -6.39. The summed E-state index contributed by atoms with van der Waals surface area (Å²) in [5, 5.41) is 4.69. The molecule has 1 aliphatic rings. The molecule has 2 heterocycles. The van der Waals surface area contributed by atoms with Crippen molar-refractivity contribution in [3.8, 4) is 51.0 Å². The van der Waals surface area contributed by atoms with Gasteiger partial charge in [0.25, 0.3) is 0 Å². The Bertz CT molecular complexity index is 2770. The van der Waals surface area contributed by atoms with Gasteiger partial charge >= 0.3 is 0 Å². The van der Waals surface area contributed by atoms with E-state index in [4.69, 9.17) is 15.0 Å². The van der Waals surface area contributed by atoms with Gasteiger partial charge in [0.2, 0.25) is 5.95 Å². The van der Waals surface area contributed by atoms with E-state index in [2.05, 4.69) is 158 Å². The topological polar surface area (TPSA) is 43.6 Å². The number of rotatable bonds is 4. The second-order valence-corrected chi connectivity index (χ2v) is 13.7. The largest absolute Gasteiger partial charge is 0.278 e. The molecule has 0 saturated carbocycles. The van der Waals surface area contributed by atoms with E-state index in [0.717, 1.165) is 32.9 Å². The summed E-state index contributed by atoms with van der Waals surface area (Å²) in [7, 11) is 0. The number of hydrogen-bond donors (Lipinski definition) is 0. The van der Waals surface area contributed by atoms with Crippen LogP contribution in [0.25, 0.3) is 83.6 Å². The molecular weight excluding hydrogens is 609 g/mol. The van der Waals surface area contributed by atoms with E-state index in [9.17, 15) is 0 Å². The molecule has 0 saturated heterocycles. The third-order valence-corrected chi connectivity index (χ3v) is 10.4. The molecule has 0 unspecified atom stereocenters. The first-order chi connectivity index (χ1) is 24.6. The first kappa shape index (κ1) is 28.6. The molecule has 0 atom stereocenters. The van der Waals surface area contributed by atoms with Gasteiger partial charge in [-0.25, -0.2) is 4.98 Å². The van der Waals surface area contributed by atoms with Crippen LogP contribution in [-0.4, -0.2) is 19.5 Å². The van der Waals surface area contributed by atoms with Crippen molar-refractivity contribution in [2.45, 2.75) is 19.3 Å². The Morgan fingerprint density at radius 1 is 0.460 bits per heavy atom. The lowest BCUT2D eigenvalue weighted by atomic mass is 9.80. The highest BCUT2D eigenvalue weighted by Gasteiger charge is 2.38. The van der Waals surface area contributed by atoms with Crippen LogP contribution >= 0.6 is 0 Å². The second kappa shape index (κ2) is 10.8. The first-order valence-corrected chi connectivity index (χ1v) is 17.1. The standard InChI is InChI=1S/C46H32N4/c1-46(2)38-23-12-11-21-34(38)35-25-27-40-41(42(35)46)37-28-32(29-14-5-3-6-15-29)24-26-39(37)50(40)45-48-43(31-17-7-4-8-18-31)47-44(49-45)36-22-13-19-30-16-9-10-20-33(30)36/h3-28H,1-2H3. The highest BCUT2D eigenvalue weighted by Crippen LogP contribution is 2.53. The van der Waals surface area contributed by atoms with Gasteiger partial charge in [-0.15, -0.1) is 0 Å². The predicted molar refractivity (Wildman–Crippen MR) is 206 cm³/mol. The molecule has 0 bridgehead atoms. The molecule has 0 spiro atoms. The molecule has 2 aromatic heterocycles. The van der Waals surface area contributed by atoms with Gasteiger partial charge in [-0.2, -0.15) is 9.97 Å². The van der Waals surface area contributed by atoms with Crippen molar-refractivity contribution in [2.24, 2.45) is 0 Å².